The summed E-state index contributed by atoms with van der Waals surface area (Å²) in [5.41, 5.74) is 1.39. The molecule has 0 fully saturated rings. The first kappa shape index (κ1) is 17.6. The zero-order valence-corrected chi connectivity index (χ0v) is 12.5. The predicted octanol–water partition coefficient (Wildman–Crippen LogP) is 2.06. The minimum atomic E-state index is -0.517. The fourth-order valence-corrected chi connectivity index (χ4v) is 1.76. The SMILES string of the molecule is CCOC(=O)CC(=C=O)CC(=C=O)COCc1ccccc1. The number of hydrogen-bond acceptors (Lipinski definition) is 5. The van der Waals surface area contributed by atoms with E-state index in [-0.39, 0.29) is 37.2 Å². The fourth-order valence-electron chi connectivity index (χ4n) is 1.76. The lowest BCUT2D eigenvalue weighted by Gasteiger charge is -2.07. The summed E-state index contributed by atoms with van der Waals surface area (Å²) in [6.07, 6.45) is -0.165. The molecule has 0 N–H and O–H groups in total. The first-order valence-corrected chi connectivity index (χ1v) is 6.92. The Bertz CT molecular complexity index is 578. The van der Waals surface area contributed by atoms with Gasteiger partial charge >= 0.3 is 5.97 Å². The van der Waals surface area contributed by atoms with Gasteiger partial charge in [0.25, 0.3) is 0 Å². The third-order valence-corrected chi connectivity index (χ3v) is 2.77. The van der Waals surface area contributed by atoms with Crippen LogP contribution in [0.5, 0.6) is 0 Å². The van der Waals surface area contributed by atoms with Crippen LogP contribution in [0.25, 0.3) is 0 Å². The monoisotopic (exact) mass is 302 g/mol. The molecule has 0 saturated heterocycles. The molecule has 0 heterocycles. The highest BCUT2D eigenvalue weighted by Crippen LogP contribution is 2.12. The average Bonchev–Trinajstić information content (AvgIpc) is 2.54. The van der Waals surface area contributed by atoms with Crippen molar-refractivity contribution in [2.24, 2.45) is 0 Å². The van der Waals surface area contributed by atoms with Gasteiger partial charge in [0.1, 0.15) is 11.9 Å². The topological polar surface area (TPSA) is 69.7 Å². The Morgan fingerprint density at radius 3 is 2.32 bits per heavy atom. The minimum Gasteiger partial charge on any atom is -0.466 e. The summed E-state index contributed by atoms with van der Waals surface area (Å²) >= 11 is 0. The number of carbonyl (C=O) groups excluding carboxylic acids is 3. The highest BCUT2D eigenvalue weighted by Gasteiger charge is 2.11. The van der Waals surface area contributed by atoms with Crippen LogP contribution >= 0.6 is 0 Å². The molecule has 0 unspecified atom stereocenters. The largest absolute Gasteiger partial charge is 0.466 e. The van der Waals surface area contributed by atoms with Crippen LogP contribution in [0.2, 0.25) is 0 Å². The number of hydrogen-bond donors (Lipinski definition) is 0. The summed E-state index contributed by atoms with van der Waals surface area (Å²) in [6, 6.07) is 9.49. The van der Waals surface area contributed by atoms with Crippen LogP contribution in [0, 0.1) is 0 Å². The van der Waals surface area contributed by atoms with Crippen molar-refractivity contribution >= 4 is 17.9 Å². The summed E-state index contributed by atoms with van der Waals surface area (Å²) in [5, 5.41) is 0. The van der Waals surface area contributed by atoms with Gasteiger partial charge in [0.2, 0.25) is 0 Å². The van der Waals surface area contributed by atoms with Gasteiger partial charge in [-0.15, -0.1) is 0 Å². The molecule has 1 aromatic carbocycles. The van der Waals surface area contributed by atoms with E-state index in [0.29, 0.717) is 6.61 Å². The van der Waals surface area contributed by atoms with Gasteiger partial charge in [-0.1, -0.05) is 30.3 Å². The van der Waals surface area contributed by atoms with E-state index in [2.05, 4.69) is 0 Å². The Labute approximate surface area is 129 Å². The molecule has 5 nitrogen and oxygen atoms in total. The maximum absolute atomic E-state index is 11.3. The quantitative estimate of drug-likeness (QED) is 0.516. The molecule has 0 atom stereocenters. The molecular formula is C17H18O5. The van der Waals surface area contributed by atoms with Gasteiger partial charge < -0.3 is 9.47 Å². The smallest absolute Gasteiger partial charge is 0.310 e. The molecule has 0 aliphatic rings. The van der Waals surface area contributed by atoms with Crippen LogP contribution in [0.3, 0.4) is 0 Å². The summed E-state index contributed by atoms with van der Waals surface area (Å²) in [6.45, 7) is 2.31. The third-order valence-electron chi connectivity index (χ3n) is 2.77. The highest BCUT2D eigenvalue weighted by molar-refractivity contribution is 5.76. The van der Waals surface area contributed by atoms with E-state index in [4.69, 9.17) is 9.47 Å². The van der Waals surface area contributed by atoms with Gasteiger partial charge in [-0.2, -0.15) is 0 Å². The van der Waals surface area contributed by atoms with Crippen LogP contribution < -0.4 is 0 Å². The molecule has 0 aliphatic heterocycles. The molecule has 0 aromatic heterocycles. The Balaban J connectivity index is 2.45. The molecule has 5 heteroatoms. The Kier molecular flexibility index (Phi) is 8.24. The zero-order valence-electron chi connectivity index (χ0n) is 12.5. The van der Waals surface area contributed by atoms with Crippen molar-refractivity contribution in [3.8, 4) is 0 Å². The lowest BCUT2D eigenvalue weighted by molar-refractivity contribution is -0.142. The van der Waals surface area contributed by atoms with E-state index in [1.165, 1.54) is 0 Å². The zero-order chi connectivity index (χ0) is 16.2. The summed E-state index contributed by atoms with van der Waals surface area (Å²) in [7, 11) is 0. The van der Waals surface area contributed by atoms with E-state index in [1.807, 2.05) is 30.3 Å². The molecule has 116 valence electrons. The number of benzene rings is 1. The van der Waals surface area contributed by atoms with Crippen molar-refractivity contribution in [3.63, 3.8) is 0 Å². The normalized spacial score (nSPS) is 9.50. The molecule has 0 saturated carbocycles. The van der Waals surface area contributed by atoms with Crippen molar-refractivity contribution in [1.82, 2.24) is 0 Å². The van der Waals surface area contributed by atoms with Crippen molar-refractivity contribution < 1.29 is 23.9 Å². The van der Waals surface area contributed by atoms with Gasteiger partial charge in [-0.3, -0.25) is 4.79 Å². The summed E-state index contributed by atoms with van der Waals surface area (Å²) < 4.78 is 10.2. The first-order valence-electron chi connectivity index (χ1n) is 6.92. The van der Waals surface area contributed by atoms with Crippen LogP contribution in [-0.2, 0) is 30.5 Å². The van der Waals surface area contributed by atoms with Crippen molar-refractivity contribution in [2.75, 3.05) is 13.2 Å². The number of carbonyl (C=O) groups is 1. The molecular weight excluding hydrogens is 284 g/mol. The predicted molar refractivity (Wildman–Crippen MR) is 80.4 cm³/mol. The maximum Gasteiger partial charge on any atom is 0.310 e. The second-order valence-corrected chi connectivity index (χ2v) is 4.55. The van der Waals surface area contributed by atoms with Crippen molar-refractivity contribution in [3.05, 3.63) is 47.0 Å². The van der Waals surface area contributed by atoms with Crippen molar-refractivity contribution in [1.29, 1.82) is 0 Å². The van der Waals surface area contributed by atoms with Gasteiger partial charge in [-0.05, 0) is 12.5 Å². The molecule has 1 rings (SSSR count). The van der Waals surface area contributed by atoms with E-state index >= 15 is 0 Å². The second-order valence-electron chi connectivity index (χ2n) is 4.55. The number of ether oxygens (including phenoxy) is 2. The van der Waals surface area contributed by atoms with Crippen LogP contribution in [0.4, 0.5) is 0 Å². The standard InChI is InChI=1S/C17H18O5/c1-2-22-17(20)9-15(10-18)8-16(11-19)13-21-12-14-6-4-3-5-7-14/h3-7H,2,8-9,12-13H2,1H3. The number of rotatable bonds is 9. The average molecular weight is 302 g/mol. The maximum atomic E-state index is 11.3. The van der Waals surface area contributed by atoms with Gasteiger partial charge in [0.15, 0.2) is 0 Å². The van der Waals surface area contributed by atoms with E-state index in [9.17, 15) is 14.4 Å². The Morgan fingerprint density at radius 1 is 1.05 bits per heavy atom. The first-order chi connectivity index (χ1) is 10.7. The van der Waals surface area contributed by atoms with Crippen LogP contribution in [0.1, 0.15) is 25.3 Å². The van der Waals surface area contributed by atoms with Crippen molar-refractivity contribution in [2.45, 2.75) is 26.4 Å². The third kappa shape index (κ3) is 6.82. The van der Waals surface area contributed by atoms with Gasteiger partial charge in [0, 0.05) is 17.6 Å². The Hall–Kier alpha value is -2.45. The van der Waals surface area contributed by atoms with E-state index in [1.54, 1.807) is 18.8 Å². The molecule has 0 amide bonds. The van der Waals surface area contributed by atoms with E-state index in [0.717, 1.165) is 5.56 Å². The second kappa shape index (κ2) is 10.3. The summed E-state index contributed by atoms with van der Waals surface area (Å²) in [4.78, 5) is 33.1. The number of esters is 1. The fraction of sp³-hybridized carbons (Fsp3) is 0.353. The molecule has 22 heavy (non-hydrogen) atoms. The summed E-state index contributed by atoms with van der Waals surface area (Å²) in [5.74, 6) is 2.91. The molecule has 0 spiro atoms. The lowest BCUT2D eigenvalue weighted by atomic mass is 10.1. The van der Waals surface area contributed by atoms with Gasteiger partial charge in [-0.25, -0.2) is 9.59 Å². The molecule has 0 aliphatic carbocycles. The van der Waals surface area contributed by atoms with Crippen LogP contribution in [0.15, 0.2) is 41.5 Å². The molecule has 0 bridgehead atoms. The van der Waals surface area contributed by atoms with Crippen LogP contribution in [-0.4, -0.2) is 31.1 Å². The van der Waals surface area contributed by atoms with Gasteiger partial charge in [0.05, 0.1) is 26.2 Å². The lowest BCUT2D eigenvalue weighted by Crippen LogP contribution is -2.08. The highest BCUT2D eigenvalue weighted by atomic mass is 16.5. The molecule has 0 radical (unpaired) electrons. The van der Waals surface area contributed by atoms with E-state index < -0.39 is 5.97 Å². The molecule has 1 aromatic rings. The Morgan fingerprint density at radius 2 is 1.73 bits per heavy atom. The minimum absolute atomic E-state index is 0.0145.